The molecule has 0 unspecified atom stereocenters. The van der Waals surface area contributed by atoms with Crippen LogP contribution < -0.4 is 13.8 Å². The molecule has 1 atom stereocenters. The van der Waals surface area contributed by atoms with Crippen molar-refractivity contribution in [1.82, 2.24) is 0 Å². The van der Waals surface area contributed by atoms with Crippen molar-refractivity contribution in [2.45, 2.75) is 52.2 Å². The second-order valence-electron chi connectivity index (χ2n) is 9.09. The summed E-state index contributed by atoms with van der Waals surface area (Å²) >= 11 is 0. The van der Waals surface area contributed by atoms with Crippen LogP contribution in [0.25, 0.3) is 0 Å². The number of benzene rings is 2. The van der Waals surface area contributed by atoms with Crippen LogP contribution in [0.3, 0.4) is 0 Å². The third-order valence-corrected chi connectivity index (χ3v) is 6.53. The normalized spacial score (nSPS) is 15.3. The van der Waals surface area contributed by atoms with Gasteiger partial charge in [-0.3, -0.25) is 4.79 Å². The molecule has 1 saturated heterocycles. The molecule has 1 amide bonds. The van der Waals surface area contributed by atoms with E-state index in [0.29, 0.717) is 16.7 Å². The molecule has 190 valence electrons. The molecule has 10 heteroatoms. The molecule has 0 aromatic heterocycles. The fourth-order valence-electron chi connectivity index (χ4n) is 3.12. The van der Waals surface area contributed by atoms with Crippen LogP contribution in [0.15, 0.2) is 48.5 Å². The molecule has 3 rings (SSSR count). The first-order valence-corrected chi connectivity index (χ1v) is 13.0. The molecule has 0 aliphatic carbocycles. The second kappa shape index (κ2) is 11.1. The summed E-state index contributed by atoms with van der Waals surface area (Å²) in [6.45, 7) is 7.42. The van der Waals surface area contributed by atoms with Gasteiger partial charge in [-0.2, -0.15) is 4.31 Å². The molecule has 1 aliphatic rings. The summed E-state index contributed by atoms with van der Waals surface area (Å²) in [4.78, 5) is 25.8. The molecule has 0 spiro atoms. The van der Waals surface area contributed by atoms with Gasteiger partial charge in [-0.15, -0.1) is 0 Å². The van der Waals surface area contributed by atoms with Gasteiger partial charge in [0.15, 0.2) is 5.75 Å². The third-order valence-electron chi connectivity index (χ3n) is 4.70. The number of nitrogens with zero attached hydrogens (tertiary/aromatic N) is 1. The van der Waals surface area contributed by atoms with Crippen molar-refractivity contribution in [2.75, 3.05) is 23.3 Å². The van der Waals surface area contributed by atoms with Crippen molar-refractivity contribution in [3.8, 4) is 11.5 Å². The largest absolute Gasteiger partial charge is 0.491 e. The van der Waals surface area contributed by atoms with E-state index in [4.69, 9.17) is 18.9 Å². The first kappa shape index (κ1) is 26.5. The van der Waals surface area contributed by atoms with Crippen molar-refractivity contribution >= 4 is 27.8 Å². The number of carbonyl (C=O) groups excluding carboxylic acids is 2. The van der Waals surface area contributed by atoms with Gasteiger partial charge in [0, 0.05) is 6.07 Å². The molecule has 2 aromatic carbocycles. The first-order valence-electron chi connectivity index (χ1n) is 11.4. The fraction of sp³-hybridized carbons (Fsp3) is 0.440. The summed E-state index contributed by atoms with van der Waals surface area (Å²) in [5.74, 6) is -0.746. The van der Waals surface area contributed by atoms with Gasteiger partial charge in [-0.05, 0) is 44.9 Å². The molecular weight excluding hydrogens is 474 g/mol. The van der Waals surface area contributed by atoms with Gasteiger partial charge >= 0.3 is 12.1 Å². The summed E-state index contributed by atoms with van der Waals surface area (Å²) in [5.41, 5.74) is -0.395. The number of sulfonamides is 1. The van der Waals surface area contributed by atoms with Crippen LogP contribution in [0, 0.1) is 0 Å². The molecule has 0 bridgehead atoms. The highest BCUT2D eigenvalue weighted by molar-refractivity contribution is 7.93. The lowest BCUT2D eigenvalue weighted by molar-refractivity contribution is -0.133. The van der Waals surface area contributed by atoms with E-state index in [0.717, 1.165) is 5.56 Å². The van der Waals surface area contributed by atoms with E-state index in [1.54, 1.807) is 52.0 Å². The quantitative estimate of drug-likeness (QED) is 0.270. The molecule has 2 aromatic rings. The Morgan fingerprint density at radius 1 is 1.11 bits per heavy atom. The van der Waals surface area contributed by atoms with E-state index in [2.05, 4.69) is 0 Å². The summed E-state index contributed by atoms with van der Waals surface area (Å²) in [6.07, 6.45) is -0.910. The van der Waals surface area contributed by atoms with Crippen molar-refractivity contribution in [3.05, 3.63) is 54.1 Å². The SMILES string of the molecule is CCCS(=O)(=O)N(C(=O)OC(C)(C)C)c1cc(OC[C@H]2CO2)ccc1OC(=O)Cc1ccccc1. The predicted octanol–water partition coefficient (Wildman–Crippen LogP) is 4.09. The van der Waals surface area contributed by atoms with Gasteiger partial charge < -0.3 is 18.9 Å². The molecule has 9 nitrogen and oxygen atoms in total. The Balaban J connectivity index is 2.00. The number of rotatable bonds is 10. The van der Waals surface area contributed by atoms with Gasteiger partial charge in [-0.25, -0.2) is 13.2 Å². The molecule has 0 N–H and O–H groups in total. The number of hydrogen-bond donors (Lipinski definition) is 0. The van der Waals surface area contributed by atoms with Crippen molar-refractivity contribution in [3.63, 3.8) is 0 Å². The van der Waals surface area contributed by atoms with Crippen LogP contribution in [-0.4, -0.2) is 51.2 Å². The predicted molar refractivity (Wildman–Crippen MR) is 130 cm³/mol. The lowest BCUT2D eigenvalue weighted by Crippen LogP contribution is -2.42. The van der Waals surface area contributed by atoms with Crippen LogP contribution in [0.1, 0.15) is 39.7 Å². The summed E-state index contributed by atoms with van der Waals surface area (Å²) in [5, 5.41) is 0. The zero-order valence-corrected chi connectivity index (χ0v) is 21.2. The van der Waals surface area contributed by atoms with Gasteiger partial charge in [0.1, 0.15) is 29.7 Å². The lowest BCUT2D eigenvalue weighted by atomic mass is 10.1. The zero-order valence-electron chi connectivity index (χ0n) is 20.4. The minimum Gasteiger partial charge on any atom is -0.491 e. The van der Waals surface area contributed by atoms with Crippen LogP contribution in [0.4, 0.5) is 10.5 Å². The van der Waals surface area contributed by atoms with E-state index < -0.39 is 27.7 Å². The molecule has 1 aliphatic heterocycles. The highest BCUT2D eigenvalue weighted by Crippen LogP contribution is 2.36. The van der Waals surface area contributed by atoms with Crippen molar-refractivity contribution in [1.29, 1.82) is 0 Å². The van der Waals surface area contributed by atoms with E-state index >= 15 is 0 Å². The molecular formula is C25H31NO8S. The number of anilines is 1. The molecule has 0 radical (unpaired) electrons. The van der Waals surface area contributed by atoms with Crippen LogP contribution >= 0.6 is 0 Å². The highest BCUT2D eigenvalue weighted by Gasteiger charge is 2.36. The fourth-order valence-corrected chi connectivity index (χ4v) is 4.53. The zero-order chi connectivity index (χ0) is 25.6. The van der Waals surface area contributed by atoms with Crippen LogP contribution in [0.2, 0.25) is 0 Å². The average Bonchev–Trinajstić information content (AvgIpc) is 3.57. The summed E-state index contributed by atoms with van der Waals surface area (Å²) in [6, 6.07) is 13.3. The van der Waals surface area contributed by atoms with Crippen molar-refractivity contribution < 1.29 is 37.0 Å². The van der Waals surface area contributed by atoms with Gasteiger partial charge in [0.25, 0.3) is 0 Å². The molecule has 1 fully saturated rings. The Hall–Kier alpha value is -3.11. The number of ether oxygens (including phenoxy) is 4. The van der Waals surface area contributed by atoms with E-state index in [9.17, 15) is 18.0 Å². The topological polar surface area (TPSA) is 112 Å². The maximum atomic E-state index is 13.2. The minimum absolute atomic E-state index is 0.0346. The molecule has 1 heterocycles. The summed E-state index contributed by atoms with van der Waals surface area (Å²) < 4.78 is 48.7. The standard InChI is InChI=1S/C25H31NO8S/c1-5-13-35(29,30)26(24(28)34-25(2,3)4)21-15-19(31-16-20-17-32-20)11-12-22(21)33-23(27)14-18-9-7-6-8-10-18/h6-12,15,20H,5,13-14,16-17H2,1-4H3/t20-/m0/s1. The second-order valence-corrected chi connectivity index (χ2v) is 11.0. The Kier molecular flexibility index (Phi) is 8.39. The van der Waals surface area contributed by atoms with Crippen LogP contribution in [0.5, 0.6) is 11.5 Å². The van der Waals surface area contributed by atoms with Crippen molar-refractivity contribution in [2.24, 2.45) is 0 Å². The maximum Gasteiger partial charge on any atom is 0.429 e. The Morgan fingerprint density at radius 2 is 1.80 bits per heavy atom. The first-order chi connectivity index (χ1) is 16.5. The van der Waals surface area contributed by atoms with E-state index in [1.807, 2.05) is 6.07 Å². The summed E-state index contributed by atoms with van der Waals surface area (Å²) in [7, 11) is -4.16. The van der Waals surface area contributed by atoms with E-state index in [-0.39, 0.29) is 42.7 Å². The van der Waals surface area contributed by atoms with E-state index in [1.165, 1.54) is 18.2 Å². The Bertz CT molecular complexity index is 1140. The Morgan fingerprint density at radius 3 is 2.40 bits per heavy atom. The maximum absolute atomic E-state index is 13.2. The van der Waals surface area contributed by atoms with Gasteiger partial charge in [0.2, 0.25) is 10.0 Å². The number of esters is 1. The number of amides is 1. The monoisotopic (exact) mass is 505 g/mol. The molecule has 35 heavy (non-hydrogen) atoms. The highest BCUT2D eigenvalue weighted by atomic mass is 32.2. The minimum atomic E-state index is -4.16. The van der Waals surface area contributed by atoms with Gasteiger partial charge in [0.05, 0.1) is 18.8 Å². The smallest absolute Gasteiger partial charge is 0.429 e. The Labute approximate surface area is 206 Å². The van der Waals surface area contributed by atoms with Crippen LogP contribution in [-0.2, 0) is 30.7 Å². The lowest BCUT2D eigenvalue weighted by Gasteiger charge is -2.28. The number of hydrogen-bond acceptors (Lipinski definition) is 8. The number of epoxide rings is 1. The average molecular weight is 506 g/mol. The van der Waals surface area contributed by atoms with Gasteiger partial charge in [-0.1, -0.05) is 37.3 Å². The molecule has 0 saturated carbocycles. The number of carbonyl (C=O) groups is 2. The third kappa shape index (κ3) is 7.97.